The molecule has 0 unspecified atom stereocenters. The van der Waals surface area contributed by atoms with E-state index in [9.17, 15) is 4.79 Å². The number of rotatable bonds is 3. The second-order valence-electron chi connectivity index (χ2n) is 4.49. The van der Waals surface area contributed by atoms with Crippen LogP contribution in [0.2, 0.25) is 10.0 Å². The molecule has 1 aromatic heterocycles. The Morgan fingerprint density at radius 2 is 2.00 bits per heavy atom. The SMILES string of the molecule is O=C(Nc1ccc(Cl)cc1Cl)c1cc(Br)ccc1-n1cnnn1. The van der Waals surface area contributed by atoms with Gasteiger partial charge in [0.15, 0.2) is 0 Å². The van der Waals surface area contributed by atoms with Crippen LogP contribution >= 0.6 is 39.1 Å². The van der Waals surface area contributed by atoms with Crippen LogP contribution in [0, 0.1) is 0 Å². The van der Waals surface area contributed by atoms with E-state index in [1.165, 1.54) is 11.0 Å². The molecule has 6 nitrogen and oxygen atoms in total. The highest BCUT2D eigenvalue weighted by atomic mass is 79.9. The van der Waals surface area contributed by atoms with E-state index in [2.05, 4.69) is 36.8 Å². The molecule has 0 bridgehead atoms. The Kier molecular flexibility index (Phi) is 4.61. The van der Waals surface area contributed by atoms with Crippen molar-refractivity contribution >= 4 is 50.7 Å². The number of nitrogens with zero attached hydrogens (tertiary/aromatic N) is 4. The van der Waals surface area contributed by atoms with Crippen molar-refractivity contribution in [2.75, 3.05) is 5.32 Å². The molecule has 3 rings (SSSR count). The average molecular weight is 413 g/mol. The maximum Gasteiger partial charge on any atom is 0.257 e. The van der Waals surface area contributed by atoms with Gasteiger partial charge in [-0.25, -0.2) is 0 Å². The van der Waals surface area contributed by atoms with E-state index in [-0.39, 0.29) is 5.91 Å². The van der Waals surface area contributed by atoms with E-state index < -0.39 is 0 Å². The van der Waals surface area contributed by atoms with Gasteiger partial charge < -0.3 is 5.32 Å². The lowest BCUT2D eigenvalue weighted by atomic mass is 10.1. The third-order valence-corrected chi connectivity index (χ3v) is 4.02. The van der Waals surface area contributed by atoms with Crippen molar-refractivity contribution in [2.24, 2.45) is 0 Å². The van der Waals surface area contributed by atoms with E-state index >= 15 is 0 Å². The first-order valence-corrected chi connectivity index (χ1v) is 7.89. The van der Waals surface area contributed by atoms with Crippen LogP contribution in [0.15, 0.2) is 47.2 Å². The average Bonchev–Trinajstić information content (AvgIpc) is 3.04. The van der Waals surface area contributed by atoms with Crippen molar-refractivity contribution in [3.63, 3.8) is 0 Å². The first kappa shape index (κ1) is 15.9. The van der Waals surface area contributed by atoms with E-state index in [0.717, 1.165) is 4.47 Å². The summed E-state index contributed by atoms with van der Waals surface area (Å²) in [6, 6.07) is 10.0. The molecule has 23 heavy (non-hydrogen) atoms. The summed E-state index contributed by atoms with van der Waals surface area (Å²) >= 11 is 15.3. The lowest BCUT2D eigenvalue weighted by Crippen LogP contribution is -2.15. The molecule has 9 heteroatoms. The molecular weight excluding hydrogens is 405 g/mol. The Labute approximate surface area is 149 Å². The number of aromatic nitrogens is 4. The molecule has 116 valence electrons. The molecule has 0 fully saturated rings. The van der Waals surface area contributed by atoms with Gasteiger partial charge in [-0.1, -0.05) is 39.1 Å². The molecule has 0 spiro atoms. The van der Waals surface area contributed by atoms with Crippen molar-refractivity contribution in [1.29, 1.82) is 0 Å². The number of benzene rings is 2. The van der Waals surface area contributed by atoms with Crippen LogP contribution in [0.3, 0.4) is 0 Å². The fourth-order valence-electron chi connectivity index (χ4n) is 1.94. The summed E-state index contributed by atoms with van der Waals surface area (Å²) in [5, 5.41) is 14.6. The highest BCUT2D eigenvalue weighted by molar-refractivity contribution is 9.10. The smallest absolute Gasteiger partial charge is 0.257 e. The monoisotopic (exact) mass is 411 g/mol. The van der Waals surface area contributed by atoms with Crippen LogP contribution in [0.4, 0.5) is 5.69 Å². The van der Waals surface area contributed by atoms with Gasteiger partial charge in [0.05, 0.1) is 22.0 Å². The molecule has 0 aliphatic carbocycles. The number of halogens is 3. The van der Waals surface area contributed by atoms with Gasteiger partial charge in [-0.15, -0.1) is 5.10 Å². The van der Waals surface area contributed by atoms with Crippen molar-refractivity contribution in [2.45, 2.75) is 0 Å². The maximum absolute atomic E-state index is 12.6. The maximum atomic E-state index is 12.6. The summed E-state index contributed by atoms with van der Waals surface area (Å²) < 4.78 is 2.16. The minimum atomic E-state index is -0.346. The molecular formula is C14H8BrCl2N5O. The van der Waals surface area contributed by atoms with Gasteiger partial charge >= 0.3 is 0 Å². The van der Waals surface area contributed by atoms with Crippen molar-refractivity contribution in [3.8, 4) is 5.69 Å². The third-order valence-electron chi connectivity index (χ3n) is 2.98. The molecule has 0 saturated heterocycles. The number of carbonyl (C=O) groups excluding carboxylic acids is 1. The van der Waals surface area contributed by atoms with Crippen molar-refractivity contribution < 1.29 is 4.79 Å². The number of hydrogen-bond donors (Lipinski definition) is 1. The molecule has 2 aromatic carbocycles. The van der Waals surface area contributed by atoms with E-state index in [1.807, 2.05) is 0 Å². The molecule has 0 saturated carbocycles. The molecule has 1 heterocycles. The summed E-state index contributed by atoms with van der Waals surface area (Å²) in [5.41, 5.74) is 1.39. The van der Waals surface area contributed by atoms with E-state index in [0.29, 0.717) is 27.0 Å². The van der Waals surface area contributed by atoms with Gasteiger partial charge in [-0.3, -0.25) is 4.79 Å². The molecule has 1 N–H and O–H groups in total. The number of anilines is 1. The number of hydrogen-bond acceptors (Lipinski definition) is 4. The van der Waals surface area contributed by atoms with Crippen LogP contribution < -0.4 is 5.32 Å². The Hall–Kier alpha value is -1.96. The normalized spacial score (nSPS) is 10.6. The fraction of sp³-hybridized carbons (Fsp3) is 0. The summed E-state index contributed by atoms with van der Waals surface area (Å²) in [6.07, 6.45) is 1.41. The molecule has 0 atom stereocenters. The van der Waals surface area contributed by atoms with Crippen molar-refractivity contribution in [1.82, 2.24) is 20.2 Å². The van der Waals surface area contributed by atoms with Crippen LogP contribution in [0.1, 0.15) is 10.4 Å². The topological polar surface area (TPSA) is 72.7 Å². The minimum absolute atomic E-state index is 0.346. The predicted octanol–water partition coefficient (Wildman–Crippen LogP) is 3.98. The largest absolute Gasteiger partial charge is 0.321 e. The Morgan fingerprint density at radius 3 is 2.70 bits per heavy atom. The number of carbonyl (C=O) groups is 1. The van der Waals surface area contributed by atoms with Gasteiger partial charge in [-0.2, -0.15) is 4.68 Å². The fourth-order valence-corrected chi connectivity index (χ4v) is 2.76. The summed E-state index contributed by atoms with van der Waals surface area (Å²) in [6.45, 7) is 0. The van der Waals surface area contributed by atoms with Crippen LogP contribution in [0.5, 0.6) is 0 Å². The molecule has 3 aromatic rings. The Balaban J connectivity index is 1.97. The molecule has 0 aliphatic rings. The van der Waals surface area contributed by atoms with E-state index in [4.69, 9.17) is 23.2 Å². The Morgan fingerprint density at radius 1 is 1.17 bits per heavy atom. The van der Waals surface area contributed by atoms with E-state index in [1.54, 1.807) is 36.4 Å². The number of amides is 1. The zero-order valence-corrected chi connectivity index (χ0v) is 14.5. The first-order chi connectivity index (χ1) is 11.0. The minimum Gasteiger partial charge on any atom is -0.321 e. The highest BCUT2D eigenvalue weighted by Gasteiger charge is 2.16. The zero-order chi connectivity index (χ0) is 16.4. The first-order valence-electron chi connectivity index (χ1n) is 6.34. The second-order valence-corrected chi connectivity index (χ2v) is 6.25. The lowest BCUT2D eigenvalue weighted by Gasteiger charge is -2.11. The molecule has 0 radical (unpaired) electrons. The standard InChI is InChI=1S/C14H8BrCl2N5O/c15-8-1-4-13(22-7-18-20-21-22)10(5-8)14(23)19-12-3-2-9(16)6-11(12)17/h1-7H,(H,19,23). The van der Waals surface area contributed by atoms with Crippen LogP contribution in [-0.2, 0) is 0 Å². The zero-order valence-electron chi connectivity index (χ0n) is 11.4. The molecule has 1 amide bonds. The second kappa shape index (κ2) is 6.66. The third kappa shape index (κ3) is 3.52. The Bertz CT molecular complexity index is 870. The van der Waals surface area contributed by atoms with Crippen LogP contribution in [0.25, 0.3) is 5.69 Å². The van der Waals surface area contributed by atoms with Crippen LogP contribution in [-0.4, -0.2) is 26.1 Å². The van der Waals surface area contributed by atoms with Crippen molar-refractivity contribution in [3.05, 3.63) is 62.8 Å². The van der Waals surface area contributed by atoms with Gasteiger partial charge in [0.1, 0.15) is 6.33 Å². The van der Waals surface area contributed by atoms with Gasteiger partial charge in [0.2, 0.25) is 0 Å². The summed E-state index contributed by atoms with van der Waals surface area (Å²) in [4.78, 5) is 12.6. The van der Waals surface area contributed by atoms with Gasteiger partial charge in [0, 0.05) is 9.50 Å². The predicted molar refractivity (Wildman–Crippen MR) is 91.3 cm³/mol. The number of tetrazole rings is 1. The summed E-state index contributed by atoms with van der Waals surface area (Å²) in [7, 11) is 0. The molecule has 0 aliphatic heterocycles. The lowest BCUT2D eigenvalue weighted by molar-refractivity contribution is 0.102. The quantitative estimate of drug-likeness (QED) is 0.705. The van der Waals surface area contributed by atoms with Gasteiger partial charge in [0.25, 0.3) is 5.91 Å². The summed E-state index contributed by atoms with van der Waals surface area (Å²) in [5.74, 6) is -0.346. The number of nitrogens with one attached hydrogen (secondary N) is 1. The highest BCUT2D eigenvalue weighted by Crippen LogP contribution is 2.27. The van der Waals surface area contributed by atoms with Gasteiger partial charge in [-0.05, 0) is 46.8 Å².